The van der Waals surface area contributed by atoms with E-state index in [1.807, 2.05) is 12.1 Å². The Morgan fingerprint density at radius 2 is 0.651 bits per heavy atom. The van der Waals surface area contributed by atoms with Crippen molar-refractivity contribution in [1.82, 2.24) is 29.3 Å². The highest BCUT2D eigenvalue weighted by molar-refractivity contribution is 6.06. The zero-order valence-electron chi connectivity index (χ0n) is 34.0. The molecule has 0 N–H and O–H groups in total. The summed E-state index contributed by atoms with van der Waals surface area (Å²) in [6.45, 7) is 0. The van der Waals surface area contributed by atoms with Gasteiger partial charge in [0.1, 0.15) is 11.5 Å². The van der Waals surface area contributed by atoms with Crippen molar-refractivity contribution < 1.29 is 0 Å². The van der Waals surface area contributed by atoms with E-state index in [1.165, 1.54) is 10.8 Å². The fraction of sp³-hybridized carbons (Fsp3) is 0. The third-order valence-corrected chi connectivity index (χ3v) is 11.8. The Balaban J connectivity index is 0.918. The van der Waals surface area contributed by atoms with Crippen LogP contribution in [0, 0.1) is 0 Å². The fourth-order valence-corrected chi connectivity index (χ4v) is 8.66. The number of benzene rings is 9. The van der Waals surface area contributed by atoms with E-state index in [1.54, 1.807) is 0 Å². The van der Waals surface area contributed by atoms with E-state index in [0.29, 0.717) is 23.3 Å². The van der Waals surface area contributed by atoms with Crippen molar-refractivity contribution >= 4 is 38.0 Å². The van der Waals surface area contributed by atoms with Crippen LogP contribution in [-0.4, -0.2) is 29.3 Å². The molecular weight excluding hydrogens is 769 g/mol. The van der Waals surface area contributed by atoms with Crippen LogP contribution < -0.4 is 0 Å². The zero-order valence-corrected chi connectivity index (χ0v) is 34.0. The van der Waals surface area contributed by atoms with Crippen LogP contribution >= 0.6 is 0 Å². The van der Waals surface area contributed by atoms with Crippen molar-refractivity contribution in [2.45, 2.75) is 0 Å². The highest BCUT2D eigenvalue weighted by Crippen LogP contribution is 2.38. The summed E-state index contributed by atoms with van der Waals surface area (Å²) in [6, 6.07) is 75.8. The molecule has 63 heavy (non-hydrogen) atoms. The molecule has 9 aromatic carbocycles. The molecule has 3 aromatic heterocycles. The molecule has 12 rings (SSSR count). The number of hydrogen-bond donors (Lipinski definition) is 0. The van der Waals surface area contributed by atoms with Gasteiger partial charge in [0.15, 0.2) is 23.3 Å². The molecule has 294 valence electrons. The van der Waals surface area contributed by atoms with Gasteiger partial charge in [-0.3, -0.25) is 4.40 Å². The Morgan fingerprint density at radius 3 is 1.19 bits per heavy atom. The van der Waals surface area contributed by atoms with Crippen molar-refractivity contribution in [2.24, 2.45) is 0 Å². The lowest BCUT2D eigenvalue weighted by atomic mass is 10.0. The molecule has 0 atom stereocenters. The summed E-state index contributed by atoms with van der Waals surface area (Å²) in [6.07, 6.45) is 0. The van der Waals surface area contributed by atoms with Crippen molar-refractivity contribution in [2.75, 3.05) is 0 Å². The molecule has 0 bridgehead atoms. The van der Waals surface area contributed by atoms with Gasteiger partial charge in [0.2, 0.25) is 0 Å². The fourth-order valence-electron chi connectivity index (χ4n) is 8.66. The maximum Gasteiger partial charge on any atom is 0.164 e. The Bertz CT molecular complexity index is 3560. The first kappa shape index (κ1) is 36.3. The highest BCUT2D eigenvalue weighted by atomic mass is 15.1. The van der Waals surface area contributed by atoms with Gasteiger partial charge in [0.05, 0.1) is 5.69 Å². The zero-order chi connectivity index (χ0) is 41.7. The summed E-state index contributed by atoms with van der Waals surface area (Å²) in [5.41, 5.74) is 9.98. The summed E-state index contributed by atoms with van der Waals surface area (Å²) in [5.74, 6) is 3.40. The molecule has 0 aliphatic rings. The third kappa shape index (κ3) is 6.58. The average molecular weight is 805 g/mol. The third-order valence-electron chi connectivity index (χ3n) is 11.8. The van der Waals surface area contributed by atoms with E-state index >= 15 is 0 Å². The van der Waals surface area contributed by atoms with Gasteiger partial charge in [-0.05, 0) is 50.4 Å². The molecule has 0 radical (unpaired) electrons. The number of nitrogens with zero attached hydrogens (tertiary/aromatic N) is 6. The van der Waals surface area contributed by atoms with Crippen LogP contribution in [0.2, 0.25) is 0 Å². The van der Waals surface area contributed by atoms with Gasteiger partial charge in [-0.25, -0.2) is 24.9 Å². The lowest BCUT2D eigenvalue weighted by Gasteiger charge is -2.12. The summed E-state index contributed by atoms with van der Waals surface area (Å²) in [4.78, 5) is 25.7. The van der Waals surface area contributed by atoms with Gasteiger partial charge < -0.3 is 0 Å². The second-order valence-electron chi connectivity index (χ2n) is 15.7. The molecule has 6 nitrogen and oxygen atoms in total. The summed E-state index contributed by atoms with van der Waals surface area (Å²) >= 11 is 0. The van der Waals surface area contributed by atoms with E-state index in [4.69, 9.17) is 24.9 Å². The Morgan fingerprint density at radius 1 is 0.254 bits per heavy atom. The lowest BCUT2D eigenvalue weighted by Crippen LogP contribution is -2.03. The van der Waals surface area contributed by atoms with Crippen molar-refractivity contribution in [3.8, 4) is 79.3 Å². The molecular formula is C57H36N6. The van der Waals surface area contributed by atoms with Gasteiger partial charge in [0.25, 0.3) is 0 Å². The SMILES string of the molecule is c1ccc(-c2nc(-c3ccc(-c4ccc(-c5nc(-c6ccc7ccccc7c6)nc(-c6ccc7ccccc7c6)n5)cc4)cc3)nc3c4ccccc4c(-c4ccccc4)n23)cc1. The maximum absolute atomic E-state index is 5.29. The van der Waals surface area contributed by atoms with E-state index in [-0.39, 0.29) is 0 Å². The van der Waals surface area contributed by atoms with Gasteiger partial charge in [-0.15, -0.1) is 0 Å². The summed E-state index contributed by atoms with van der Waals surface area (Å²) < 4.78 is 2.22. The number of rotatable bonds is 7. The Hall–Kier alpha value is -8.61. The van der Waals surface area contributed by atoms with Crippen LogP contribution in [0.1, 0.15) is 0 Å². The second-order valence-corrected chi connectivity index (χ2v) is 15.7. The lowest BCUT2D eigenvalue weighted by molar-refractivity contribution is 1.05. The van der Waals surface area contributed by atoms with Gasteiger partial charge in [0, 0.05) is 38.6 Å². The van der Waals surface area contributed by atoms with E-state index in [2.05, 4.69) is 211 Å². The first-order valence-electron chi connectivity index (χ1n) is 21.1. The first-order chi connectivity index (χ1) is 31.2. The molecule has 3 heterocycles. The molecule has 0 aliphatic heterocycles. The molecule has 12 aromatic rings. The summed E-state index contributed by atoms with van der Waals surface area (Å²) in [7, 11) is 0. The van der Waals surface area contributed by atoms with Crippen LogP contribution in [0.5, 0.6) is 0 Å². The summed E-state index contributed by atoms with van der Waals surface area (Å²) in [5, 5.41) is 6.84. The largest absolute Gasteiger partial charge is 0.277 e. The molecule has 6 heteroatoms. The Labute approximate surface area is 363 Å². The topological polar surface area (TPSA) is 68.9 Å². The standard InChI is InChI=1S/C57H36N6/c1-3-15-41(16-4-1)51-49-21-11-12-22-50(49)57-62-53(61-56(63(51)57)44-17-5-2-6-18-44)43-31-25-40(26-32-43)39-23-29-42(30-24-39)52-58-54(47-33-27-37-13-7-9-19-45(37)35-47)60-55(59-52)48-34-28-38-14-8-10-20-46(38)36-48/h1-36H. The van der Waals surface area contributed by atoms with Crippen molar-refractivity contribution in [3.05, 3.63) is 218 Å². The minimum absolute atomic E-state index is 0.619. The molecule has 0 amide bonds. The minimum atomic E-state index is 0.619. The number of aromatic nitrogens is 6. The molecule has 0 aliphatic carbocycles. The van der Waals surface area contributed by atoms with Crippen molar-refractivity contribution in [1.29, 1.82) is 0 Å². The van der Waals surface area contributed by atoms with Gasteiger partial charge in [-0.2, -0.15) is 0 Å². The number of fused-ring (bicyclic) bond motifs is 5. The van der Waals surface area contributed by atoms with E-state index < -0.39 is 0 Å². The van der Waals surface area contributed by atoms with Crippen molar-refractivity contribution in [3.63, 3.8) is 0 Å². The highest BCUT2D eigenvalue weighted by Gasteiger charge is 2.21. The second kappa shape index (κ2) is 15.1. The normalized spacial score (nSPS) is 11.5. The first-order valence-corrected chi connectivity index (χ1v) is 21.1. The van der Waals surface area contributed by atoms with Crippen LogP contribution in [0.4, 0.5) is 0 Å². The van der Waals surface area contributed by atoms with Crippen LogP contribution in [0.25, 0.3) is 117 Å². The van der Waals surface area contributed by atoms with E-state index in [0.717, 1.165) is 83.2 Å². The predicted octanol–water partition coefficient (Wildman–Crippen LogP) is 14.0. The monoisotopic (exact) mass is 804 g/mol. The minimum Gasteiger partial charge on any atom is -0.277 e. The van der Waals surface area contributed by atoms with Crippen LogP contribution in [0.15, 0.2) is 218 Å². The van der Waals surface area contributed by atoms with Crippen LogP contribution in [0.3, 0.4) is 0 Å². The molecule has 0 spiro atoms. The smallest absolute Gasteiger partial charge is 0.164 e. The van der Waals surface area contributed by atoms with Crippen LogP contribution in [-0.2, 0) is 0 Å². The maximum atomic E-state index is 5.29. The average Bonchev–Trinajstić information content (AvgIpc) is 3.70. The molecule has 0 unspecified atom stereocenters. The van der Waals surface area contributed by atoms with Gasteiger partial charge in [-0.1, -0.05) is 206 Å². The Kier molecular flexibility index (Phi) is 8.71. The quantitative estimate of drug-likeness (QED) is 0.160. The van der Waals surface area contributed by atoms with Gasteiger partial charge >= 0.3 is 0 Å². The van der Waals surface area contributed by atoms with E-state index in [9.17, 15) is 0 Å². The molecule has 0 saturated heterocycles. The predicted molar refractivity (Wildman–Crippen MR) is 257 cm³/mol. The molecule has 0 fully saturated rings. The number of hydrogen-bond acceptors (Lipinski definition) is 5. The molecule has 0 saturated carbocycles.